The molecule has 0 fully saturated rings. The van der Waals surface area contributed by atoms with Gasteiger partial charge in [-0.1, -0.05) is 17.3 Å². The minimum atomic E-state index is -0.983. The van der Waals surface area contributed by atoms with Gasteiger partial charge >= 0.3 is 0 Å². The van der Waals surface area contributed by atoms with Gasteiger partial charge in [0.05, 0.1) is 18.1 Å². The molecule has 1 amide bonds. The maximum atomic E-state index is 13.4. The van der Waals surface area contributed by atoms with Crippen LogP contribution in [0.25, 0.3) is 11.3 Å². The second-order valence-electron chi connectivity index (χ2n) is 8.11. The molecular weight excluding hydrogens is 411 g/mol. The van der Waals surface area contributed by atoms with Crippen LogP contribution in [0.3, 0.4) is 0 Å². The van der Waals surface area contributed by atoms with Crippen LogP contribution >= 0.6 is 0 Å². The van der Waals surface area contributed by atoms with Gasteiger partial charge in [0.25, 0.3) is 5.91 Å². The molecule has 0 bridgehead atoms. The van der Waals surface area contributed by atoms with E-state index in [1.54, 1.807) is 20.8 Å². The van der Waals surface area contributed by atoms with E-state index in [0.717, 1.165) is 11.1 Å². The van der Waals surface area contributed by atoms with E-state index in [1.807, 2.05) is 25.1 Å². The number of nitrogens with one attached hydrogen (secondary N) is 1. The second kappa shape index (κ2) is 7.96. The monoisotopic (exact) mass is 432 g/mol. The van der Waals surface area contributed by atoms with Crippen molar-refractivity contribution in [3.8, 4) is 11.3 Å². The Morgan fingerprint density at radius 1 is 1.03 bits per heavy atom. The first kappa shape index (κ1) is 21.3. The summed E-state index contributed by atoms with van der Waals surface area (Å²) >= 11 is 0. The Morgan fingerprint density at radius 2 is 1.81 bits per heavy atom. The molecule has 4 rings (SSSR count). The maximum Gasteiger partial charge on any atom is 0.256 e. The summed E-state index contributed by atoms with van der Waals surface area (Å²) < 4.78 is 13.4. The summed E-state index contributed by atoms with van der Waals surface area (Å²) in [4.78, 5) is 38.9. The van der Waals surface area contributed by atoms with Crippen LogP contribution in [0.5, 0.6) is 0 Å². The van der Waals surface area contributed by atoms with Gasteiger partial charge in [-0.3, -0.25) is 14.6 Å². The van der Waals surface area contributed by atoms with E-state index < -0.39 is 11.5 Å². The number of hydrogen-bond acceptors (Lipinski definition) is 6. The molecule has 0 radical (unpaired) electrons. The van der Waals surface area contributed by atoms with Gasteiger partial charge in [0.1, 0.15) is 5.82 Å². The summed E-state index contributed by atoms with van der Waals surface area (Å²) in [7, 11) is 0. The lowest BCUT2D eigenvalue weighted by Gasteiger charge is -2.12. The van der Waals surface area contributed by atoms with Crippen molar-refractivity contribution in [2.75, 3.05) is 5.32 Å². The predicted octanol–water partition coefficient (Wildman–Crippen LogP) is 4.23. The Labute approximate surface area is 184 Å². The Kier molecular flexibility index (Phi) is 5.30. The van der Waals surface area contributed by atoms with Crippen molar-refractivity contribution < 1.29 is 18.8 Å². The molecule has 0 saturated carbocycles. The SMILES string of the molecule is Cc1cc(C(=O)Nc2cnc(-c3cc(C4=NOC(C)(C)C4=O)ccc3C)cn2)ccc1F. The quantitative estimate of drug-likeness (QED) is 0.666. The van der Waals surface area contributed by atoms with Crippen LogP contribution in [0.2, 0.25) is 0 Å². The molecule has 2 aromatic carbocycles. The zero-order chi connectivity index (χ0) is 23.0. The molecule has 1 aliphatic rings. The van der Waals surface area contributed by atoms with Crippen molar-refractivity contribution in [1.29, 1.82) is 0 Å². The van der Waals surface area contributed by atoms with E-state index in [9.17, 15) is 14.0 Å². The molecule has 0 unspecified atom stereocenters. The fraction of sp³-hybridized carbons (Fsp3) is 0.208. The number of carbonyl (C=O) groups excluding carboxylic acids is 2. The van der Waals surface area contributed by atoms with Gasteiger partial charge in [-0.25, -0.2) is 9.37 Å². The van der Waals surface area contributed by atoms with Crippen molar-refractivity contribution >= 4 is 23.2 Å². The minimum Gasteiger partial charge on any atom is -0.381 e. The number of aromatic nitrogens is 2. The topological polar surface area (TPSA) is 93.5 Å². The lowest BCUT2D eigenvalue weighted by molar-refractivity contribution is -0.128. The van der Waals surface area contributed by atoms with Crippen LogP contribution in [-0.4, -0.2) is 33.0 Å². The van der Waals surface area contributed by atoms with Gasteiger partial charge in [-0.2, -0.15) is 0 Å². The van der Waals surface area contributed by atoms with Crippen LogP contribution < -0.4 is 5.32 Å². The highest BCUT2D eigenvalue weighted by Gasteiger charge is 2.40. The van der Waals surface area contributed by atoms with Gasteiger partial charge in [-0.05, 0) is 63.1 Å². The average Bonchev–Trinajstić information content (AvgIpc) is 3.04. The van der Waals surface area contributed by atoms with Gasteiger partial charge in [0.2, 0.25) is 5.78 Å². The summed E-state index contributed by atoms with van der Waals surface area (Å²) in [6.07, 6.45) is 2.98. The first-order valence-electron chi connectivity index (χ1n) is 9.97. The summed E-state index contributed by atoms with van der Waals surface area (Å²) in [6, 6.07) is 9.64. The van der Waals surface area contributed by atoms with Gasteiger partial charge < -0.3 is 10.2 Å². The molecule has 1 N–H and O–H groups in total. The molecule has 7 nitrogen and oxygen atoms in total. The zero-order valence-corrected chi connectivity index (χ0v) is 18.1. The fourth-order valence-corrected chi connectivity index (χ4v) is 3.26. The number of benzene rings is 2. The number of Topliss-reactive ketones (excluding diaryl/α,β-unsaturated/α-hetero) is 1. The van der Waals surface area contributed by atoms with E-state index in [-0.39, 0.29) is 23.1 Å². The number of nitrogens with zero attached hydrogens (tertiary/aromatic N) is 3. The highest BCUT2D eigenvalue weighted by Crippen LogP contribution is 2.27. The van der Waals surface area contributed by atoms with Gasteiger partial charge in [0.15, 0.2) is 17.1 Å². The molecule has 1 aromatic heterocycles. The zero-order valence-electron chi connectivity index (χ0n) is 18.1. The Bertz CT molecular complexity index is 1270. The van der Waals surface area contributed by atoms with Crippen LogP contribution in [0, 0.1) is 19.7 Å². The number of anilines is 1. The number of halogens is 1. The molecular formula is C24H21FN4O3. The number of aryl methyl sites for hydroxylation is 2. The van der Waals surface area contributed by atoms with Gasteiger partial charge in [0, 0.05) is 16.7 Å². The highest BCUT2D eigenvalue weighted by molar-refractivity contribution is 6.49. The summed E-state index contributed by atoms with van der Waals surface area (Å²) in [6.45, 7) is 6.86. The highest BCUT2D eigenvalue weighted by atomic mass is 19.1. The van der Waals surface area contributed by atoms with E-state index in [0.29, 0.717) is 22.4 Å². The minimum absolute atomic E-state index is 0.188. The molecule has 2 heterocycles. The van der Waals surface area contributed by atoms with Crippen molar-refractivity contribution in [2.24, 2.45) is 5.16 Å². The second-order valence-corrected chi connectivity index (χ2v) is 8.11. The third kappa shape index (κ3) is 3.99. The molecule has 0 atom stereocenters. The predicted molar refractivity (Wildman–Crippen MR) is 118 cm³/mol. The van der Waals surface area contributed by atoms with Crippen LogP contribution in [0.1, 0.15) is 40.9 Å². The lowest BCUT2D eigenvalue weighted by Crippen LogP contribution is -2.33. The number of oxime groups is 1. The van der Waals surface area contributed by atoms with E-state index in [2.05, 4.69) is 20.4 Å². The van der Waals surface area contributed by atoms with Crippen molar-refractivity contribution in [1.82, 2.24) is 9.97 Å². The first-order chi connectivity index (χ1) is 15.2. The third-order valence-corrected chi connectivity index (χ3v) is 5.23. The van der Waals surface area contributed by atoms with Crippen molar-refractivity contribution in [2.45, 2.75) is 33.3 Å². The summed E-state index contributed by atoms with van der Waals surface area (Å²) in [5.74, 6) is -0.704. The fourth-order valence-electron chi connectivity index (χ4n) is 3.26. The number of carbonyl (C=O) groups is 2. The standard InChI is InChI=1S/C24H21FN4O3/c1-13-5-6-15(21-22(30)24(3,4)32-29-21)10-17(13)19-11-27-20(12-26-19)28-23(31)16-7-8-18(25)14(2)9-16/h5-12H,1-4H3,(H,27,28,31). The van der Waals surface area contributed by atoms with Crippen LogP contribution in [-0.2, 0) is 9.63 Å². The summed E-state index contributed by atoms with van der Waals surface area (Å²) in [5.41, 5.74) is 2.92. The Hall–Kier alpha value is -3.94. The van der Waals surface area contributed by atoms with Crippen LogP contribution in [0.4, 0.5) is 10.2 Å². The third-order valence-electron chi connectivity index (χ3n) is 5.23. The molecule has 1 aliphatic heterocycles. The van der Waals surface area contributed by atoms with Gasteiger partial charge in [-0.15, -0.1) is 0 Å². The molecule has 162 valence electrons. The molecule has 32 heavy (non-hydrogen) atoms. The van der Waals surface area contributed by atoms with Crippen LogP contribution in [0.15, 0.2) is 53.9 Å². The Balaban J connectivity index is 1.56. The average molecular weight is 432 g/mol. The molecule has 0 aliphatic carbocycles. The molecule has 0 spiro atoms. The largest absolute Gasteiger partial charge is 0.381 e. The first-order valence-corrected chi connectivity index (χ1v) is 9.97. The maximum absolute atomic E-state index is 13.4. The van der Waals surface area contributed by atoms with Crippen molar-refractivity contribution in [3.05, 3.63) is 76.9 Å². The molecule has 8 heteroatoms. The smallest absolute Gasteiger partial charge is 0.256 e. The number of amides is 1. The lowest BCUT2D eigenvalue weighted by atomic mass is 9.93. The molecule has 3 aromatic rings. The number of hydrogen-bond donors (Lipinski definition) is 1. The number of ketones is 1. The normalized spacial score (nSPS) is 14.7. The Morgan fingerprint density at radius 3 is 2.44 bits per heavy atom. The number of rotatable bonds is 4. The summed E-state index contributed by atoms with van der Waals surface area (Å²) in [5, 5.41) is 6.61. The molecule has 0 saturated heterocycles. The van der Waals surface area contributed by atoms with Crippen molar-refractivity contribution in [3.63, 3.8) is 0 Å². The van der Waals surface area contributed by atoms with E-state index in [4.69, 9.17) is 4.84 Å². The van der Waals surface area contributed by atoms with E-state index in [1.165, 1.54) is 30.6 Å². The van der Waals surface area contributed by atoms with E-state index >= 15 is 0 Å².